The fourth-order valence-corrected chi connectivity index (χ4v) is 9.53. The summed E-state index contributed by atoms with van der Waals surface area (Å²) in [6.45, 7) is 4.23. The number of unbranched alkanes of at least 4 members (excludes halogenated alkanes) is 43. The van der Waals surface area contributed by atoms with Crippen molar-refractivity contribution in [3.05, 3.63) is 36.5 Å². The highest BCUT2D eigenvalue weighted by Crippen LogP contribution is 2.18. The summed E-state index contributed by atoms with van der Waals surface area (Å²) in [5.41, 5.74) is 0. The van der Waals surface area contributed by atoms with Crippen molar-refractivity contribution >= 4 is 5.91 Å². The van der Waals surface area contributed by atoms with Crippen LogP contribution >= 0.6 is 0 Å². The van der Waals surface area contributed by atoms with Gasteiger partial charge < -0.3 is 20.6 Å². The van der Waals surface area contributed by atoms with Crippen molar-refractivity contribution in [1.82, 2.24) is 5.32 Å². The Kier molecular flexibility index (Phi) is 55.9. The number of aliphatic hydroxyl groups is 3. The second-order valence-electron chi connectivity index (χ2n) is 21.0. The molecule has 0 radical (unpaired) electrons. The highest BCUT2D eigenvalue weighted by Gasteiger charge is 2.20. The number of hydrogen-bond donors (Lipinski definition) is 4. The molecule has 0 fully saturated rings. The van der Waals surface area contributed by atoms with Gasteiger partial charge in [-0.2, -0.15) is 0 Å². The minimum atomic E-state index is -0.952. The zero-order valence-corrected chi connectivity index (χ0v) is 45.3. The van der Waals surface area contributed by atoms with E-state index in [1.165, 1.54) is 270 Å². The van der Waals surface area contributed by atoms with E-state index in [1.807, 2.05) is 6.08 Å². The third-order valence-corrected chi connectivity index (χ3v) is 14.1. The maximum absolute atomic E-state index is 12.5. The van der Waals surface area contributed by atoms with Gasteiger partial charge in [-0.1, -0.05) is 301 Å². The van der Waals surface area contributed by atoms with Gasteiger partial charge in [0.15, 0.2) is 0 Å². The number of hydrogen-bond acceptors (Lipinski definition) is 4. The molecule has 0 aromatic heterocycles. The molecule has 0 rings (SSSR count). The monoisotopic (exact) mass is 942 g/mol. The van der Waals surface area contributed by atoms with E-state index in [2.05, 4.69) is 43.5 Å². The van der Waals surface area contributed by atoms with Crippen molar-refractivity contribution in [2.75, 3.05) is 6.61 Å². The number of carbonyl (C=O) groups is 1. The maximum atomic E-state index is 12.5. The number of carbonyl (C=O) groups excluding carboxylic acids is 1. The normalized spacial score (nSPS) is 13.4. The van der Waals surface area contributed by atoms with Crippen LogP contribution in [0.1, 0.15) is 328 Å². The molecule has 0 bridgehead atoms. The molecule has 0 heterocycles. The van der Waals surface area contributed by atoms with Crippen LogP contribution in [0.2, 0.25) is 0 Å². The molecular formula is C62H119NO4. The van der Waals surface area contributed by atoms with Crippen LogP contribution in [0, 0.1) is 0 Å². The van der Waals surface area contributed by atoms with Crippen LogP contribution < -0.4 is 5.32 Å². The number of aliphatic hydroxyl groups excluding tert-OH is 3. The quantitative estimate of drug-likeness (QED) is 0.0361. The molecule has 0 spiro atoms. The minimum Gasteiger partial charge on any atom is -0.394 e. The zero-order chi connectivity index (χ0) is 48.6. The number of amides is 1. The second kappa shape index (κ2) is 57.2. The summed E-state index contributed by atoms with van der Waals surface area (Å²) < 4.78 is 0. The van der Waals surface area contributed by atoms with Crippen molar-refractivity contribution in [2.45, 2.75) is 347 Å². The summed E-state index contributed by atoms with van der Waals surface area (Å²) in [7, 11) is 0. The van der Waals surface area contributed by atoms with E-state index < -0.39 is 18.2 Å². The fourth-order valence-electron chi connectivity index (χ4n) is 9.53. The minimum absolute atomic E-state index is 0.00806. The molecule has 396 valence electrons. The first-order valence-corrected chi connectivity index (χ1v) is 30.3. The molecule has 5 nitrogen and oxygen atoms in total. The molecule has 0 aromatic carbocycles. The Bertz CT molecular complexity index is 1040. The van der Waals surface area contributed by atoms with Gasteiger partial charge in [-0.3, -0.25) is 4.79 Å². The predicted octanol–water partition coefficient (Wildman–Crippen LogP) is 19.0. The Morgan fingerprint density at radius 2 is 0.642 bits per heavy atom. The molecule has 0 aliphatic rings. The first-order chi connectivity index (χ1) is 33.0. The Morgan fingerprint density at radius 3 is 0.955 bits per heavy atom. The lowest BCUT2D eigenvalue weighted by molar-refractivity contribution is -0.124. The van der Waals surface area contributed by atoms with E-state index in [0.717, 1.165) is 32.1 Å². The van der Waals surface area contributed by atoms with E-state index in [-0.39, 0.29) is 18.9 Å². The highest BCUT2D eigenvalue weighted by molar-refractivity contribution is 5.76. The van der Waals surface area contributed by atoms with Crippen LogP contribution in [0.25, 0.3) is 0 Å². The van der Waals surface area contributed by atoms with Crippen molar-refractivity contribution < 1.29 is 20.1 Å². The van der Waals surface area contributed by atoms with Crippen molar-refractivity contribution in [1.29, 1.82) is 0 Å². The van der Waals surface area contributed by atoms with Gasteiger partial charge in [-0.25, -0.2) is 0 Å². The van der Waals surface area contributed by atoms with E-state index in [4.69, 9.17) is 0 Å². The molecule has 4 N–H and O–H groups in total. The van der Waals surface area contributed by atoms with Gasteiger partial charge in [0.1, 0.15) is 0 Å². The summed E-state index contributed by atoms with van der Waals surface area (Å²) in [5.74, 6) is -0.321. The van der Waals surface area contributed by atoms with E-state index >= 15 is 0 Å². The molecule has 3 unspecified atom stereocenters. The smallest absolute Gasteiger partial charge is 0.222 e. The summed E-state index contributed by atoms with van der Waals surface area (Å²) in [6, 6.07) is -0.761. The number of nitrogens with one attached hydrogen (secondary N) is 1. The zero-order valence-electron chi connectivity index (χ0n) is 45.3. The van der Waals surface area contributed by atoms with Gasteiger partial charge in [-0.15, -0.1) is 0 Å². The first kappa shape index (κ1) is 65.6. The standard InChI is InChI=1S/C62H119NO4/c1-3-5-7-9-11-13-15-17-19-21-22-23-24-25-26-27-28-29-30-31-32-33-34-35-36-37-38-40-41-43-45-47-49-51-53-55-59(65)57-62(67)63-60(58-64)61(66)56-54-52-50-48-46-44-42-39-20-18-16-14-12-10-8-6-4-2/h29-30,46,48,54,56,59-61,64-66H,3-28,31-45,47,49-53,55,57-58H2,1-2H3,(H,63,67)/b30-29-,48-46+,56-54+. The molecule has 0 aliphatic heterocycles. The highest BCUT2D eigenvalue weighted by atomic mass is 16.3. The largest absolute Gasteiger partial charge is 0.394 e. The Labute approximate surface area is 419 Å². The topological polar surface area (TPSA) is 89.8 Å². The van der Waals surface area contributed by atoms with Crippen LogP contribution in [0.4, 0.5) is 0 Å². The lowest BCUT2D eigenvalue weighted by atomic mass is 10.0. The molecule has 67 heavy (non-hydrogen) atoms. The third kappa shape index (κ3) is 53.8. The third-order valence-electron chi connectivity index (χ3n) is 14.1. The van der Waals surface area contributed by atoms with Crippen LogP contribution in [-0.4, -0.2) is 46.1 Å². The van der Waals surface area contributed by atoms with Gasteiger partial charge in [0.05, 0.1) is 31.3 Å². The van der Waals surface area contributed by atoms with E-state index in [9.17, 15) is 20.1 Å². The lowest BCUT2D eigenvalue weighted by Crippen LogP contribution is -2.45. The molecule has 0 saturated heterocycles. The molecule has 5 heteroatoms. The van der Waals surface area contributed by atoms with Crippen molar-refractivity contribution in [3.8, 4) is 0 Å². The Balaban J connectivity index is 3.50. The van der Waals surface area contributed by atoms with Gasteiger partial charge in [0.25, 0.3) is 0 Å². The second-order valence-corrected chi connectivity index (χ2v) is 21.0. The van der Waals surface area contributed by atoms with Gasteiger partial charge in [0.2, 0.25) is 5.91 Å². The summed E-state index contributed by atoms with van der Waals surface area (Å²) in [5, 5.41) is 33.4. The van der Waals surface area contributed by atoms with Gasteiger partial charge in [-0.05, 0) is 57.8 Å². The van der Waals surface area contributed by atoms with Crippen LogP contribution in [-0.2, 0) is 4.79 Å². The van der Waals surface area contributed by atoms with Crippen LogP contribution in [0.15, 0.2) is 36.5 Å². The van der Waals surface area contributed by atoms with Gasteiger partial charge >= 0.3 is 0 Å². The maximum Gasteiger partial charge on any atom is 0.222 e. The first-order valence-electron chi connectivity index (χ1n) is 30.3. The predicted molar refractivity (Wildman–Crippen MR) is 296 cm³/mol. The fraction of sp³-hybridized carbons (Fsp3) is 0.887. The molecule has 1 amide bonds. The molecule has 3 atom stereocenters. The average Bonchev–Trinajstić information content (AvgIpc) is 3.32. The SMILES string of the molecule is CCCCCCCCCCCCC/C=C/CC/C=C/C(O)C(CO)NC(=O)CC(O)CCCCCCCCCCCCCCCCC/C=C\CCCCCCCCCCCCCCCCCC. The number of allylic oxidation sites excluding steroid dienone is 5. The Hall–Kier alpha value is -1.43. The summed E-state index contributed by atoms with van der Waals surface area (Å²) in [6.07, 6.45) is 75.1. The summed E-state index contributed by atoms with van der Waals surface area (Å²) in [4.78, 5) is 12.5. The van der Waals surface area contributed by atoms with Crippen LogP contribution in [0.5, 0.6) is 0 Å². The number of rotatable bonds is 56. The molecule has 0 aromatic rings. The Morgan fingerprint density at radius 1 is 0.373 bits per heavy atom. The molecule has 0 saturated carbocycles. The van der Waals surface area contributed by atoms with Crippen molar-refractivity contribution in [2.24, 2.45) is 0 Å². The molecular weight excluding hydrogens is 823 g/mol. The average molecular weight is 943 g/mol. The summed E-state index contributed by atoms with van der Waals surface area (Å²) >= 11 is 0. The van der Waals surface area contributed by atoms with E-state index in [0.29, 0.717) is 6.42 Å². The van der Waals surface area contributed by atoms with Gasteiger partial charge in [0, 0.05) is 0 Å². The van der Waals surface area contributed by atoms with Crippen molar-refractivity contribution in [3.63, 3.8) is 0 Å². The van der Waals surface area contributed by atoms with E-state index in [1.54, 1.807) is 6.08 Å². The van der Waals surface area contributed by atoms with Crippen LogP contribution in [0.3, 0.4) is 0 Å². The molecule has 0 aliphatic carbocycles. The lowest BCUT2D eigenvalue weighted by Gasteiger charge is -2.21.